The van der Waals surface area contributed by atoms with Gasteiger partial charge < -0.3 is 5.73 Å². The van der Waals surface area contributed by atoms with E-state index in [-0.39, 0.29) is 11.9 Å². The van der Waals surface area contributed by atoms with Gasteiger partial charge in [-0.25, -0.2) is 0 Å². The van der Waals surface area contributed by atoms with Crippen LogP contribution in [0.2, 0.25) is 0 Å². The molecule has 1 aromatic heterocycles. The van der Waals surface area contributed by atoms with Crippen molar-refractivity contribution in [3.05, 3.63) is 18.0 Å². The molecule has 1 aliphatic rings. The minimum Gasteiger partial charge on any atom is -0.368 e. The van der Waals surface area contributed by atoms with E-state index in [1.807, 2.05) is 19.4 Å². The van der Waals surface area contributed by atoms with Crippen molar-refractivity contribution in [1.82, 2.24) is 14.7 Å². The number of hydrogen-bond donors (Lipinski definition) is 1. The second-order valence-corrected chi connectivity index (χ2v) is 4.41. The molecule has 0 saturated carbocycles. The monoisotopic (exact) mass is 222 g/mol. The van der Waals surface area contributed by atoms with E-state index in [2.05, 4.69) is 10.00 Å². The average molecular weight is 222 g/mol. The molecule has 1 aromatic rings. The van der Waals surface area contributed by atoms with Crippen molar-refractivity contribution in [2.45, 2.75) is 31.8 Å². The molecule has 1 aliphatic heterocycles. The molecule has 0 bridgehead atoms. The summed E-state index contributed by atoms with van der Waals surface area (Å²) in [5.41, 5.74) is 6.55. The van der Waals surface area contributed by atoms with Gasteiger partial charge in [0.25, 0.3) is 0 Å². The lowest BCUT2D eigenvalue weighted by Gasteiger charge is -2.33. The van der Waals surface area contributed by atoms with Gasteiger partial charge in [0.15, 0.2) is 0 Å². The van der Waals surface area contributed by atoms with Gasteiger partial charge in [-0.3, -0.25) is 14.4 Å². The molecule has 0 spiro atoms. The fourth-order valence-corrected chi connectivity index (χ4v) is 2.29. The molecule has 2 N–H and O–H groups in total. The maximum Gasteiger partial charge on any atom is 0.234 e. The molecule has 1 fully saturated rings. The highest BCUT2D eigenvalue weighted by molar-refractivity contribution is 5.79. The summed E-state index contributed by atoms with van der Waals surface area (Å²) < 4.78 is 1.78. The van der Waals surface area contributed by atoms with Crippen molar-refractivity contribution in [2.24, 2.45) is 12.8 Å². The van der Waals surface area contributed by atoms with Gasteiger partial charge in [-0.15, -0.1) is 0 Å². The van der Waals surface area contributed by atoms with Crippen LogP contribution in [-0.2, 0) is 18.4 Å². The van der Waals surface area contributed by atoms with Gasteiger partial charge in [-0.2, -0.15) is 5.10 Å². The Kier molecular flexibility index (Phi) is 3.24. The lowest BCUT2D eigenvalue weighted by Crippen LogP contribution is -2.47. The molecule has 1 unspecified atom stereocenters. The summed E-state index contributed by atoms with van der Waals surface area (Å²) in [7, 11) is 1.89. The summed E-state index contributed by atoms with van der Waals surface area (Å²) in [6, 6.07) is -0.103. The van der Waals surface area contributed by atoms with E-state index in [4.69, 9.17) is 5.73 Å². The summed E-state index contributed by atoms with van der Waals surface area (Å²) >= 11 is 0. The number of likely N-dealkylation sites (tertiary alicyclic amines) is 1. The summed E-state index contributed by atoms with van der Waals surface area (Å²) in [6.07, 6.45) is 6.94. The van der Waals surface area contributed by atoms with Crippen LogP contribution in [0.5, 0.6) is 0 Å². The standard InChI is InChI=1S/C11H18N4O/c1-14-7-9(6-13-14)8-15-5-3-2-4-10(15)11(12)16/h6-7,10H,2-5,8H2,1H3,(H2,12,16). The van der Waals surface area contributed by atoms with Crippen LogP contribution in [0.25, 0.3) is 0 Å². The molecule has 0 aliphatic carbocycles. The second kappa shape index (κ2) is 4.65. The molecule has 0 aromatic carbocycles. The predicted octanol–water partition coefficient (Wildman–Crippen LogP) is 0.260. The van der Waals surface area contributed by atoms with Gasteiger partial charge in [0.05, 0.1) is 12.2 Å². The van der Waals surface area contributed by atoms with Crippen LogP contribution in [-0.4, -0.2) is 33.2 Å². The number of nitrogens with zero attached hydrogens (tertiary/aromatic N) is 3. The number of aryl methyl sites for hydroxylation is 1. The second-order valence-electron chi connectivity index (χ2n) is 4.41. The van der Waals surface area contributed by atoms with E-state index < -0.39 is 0 Å². The van der Waals surface area contributed by atoms with Crippen LogP contribution in [0.3, 0.4) is 0 Å². The lowest BCUT2D eigenvalue weighted by molar-refractivity contribution is -0.124. The highest BCUT2D eigenvalue weighted by Crippen LogP contribution is 2.19. The lowest BCUT2D eigenvalue weighted by atomic mass is 10.0. The van der Waals surface area contributed by atoms with Crippen LogP contribution in [0.1, 0.15) is 24.8 Å². The van der Waals surface area contributed by atoms with Crippen LogP contribution in [0.15, 0.2) is 12.4 Å². The van der Waals surface area contributed by atoms with Crippen LogP contribution in [0, 0.1) is 0 Å². The molecular weight excluding hydrogens is 204 g/mol. The Balaban J connectivity index is 2.03. The normalized spacial score (nSPS) is 22.2. The number of piperidine rings is 1. The first-order valence-corrected chi connectivity index (χ1v) is 5.67. The Bertz CT molecular complexity index is 374. The summed E-state index contributed by atoms with van der Waals surface area (Å²) in [5.74, 6) is -0.205. The van der Waals surface area contributed by atoms with Gasteiger partial charge in [0.2, 0.25) is 5.91 Å². The highest BCUT2D eigenvalue weighted by Gasteiger charge is 2.26. The van der Waals surface area contributed by atoms with Gasteiger partial charge >= 0.3 is 0 Å². The minimum absolute atomic E-state index is 0.103. The zero-order valence-corrected chi connectivity index (χ0v) is 9.59. The van der Waals surface area contributed by atoms with E-state index in [1.54, 1.807) is 4.68 Å². The van der Waals surface area contributed by atoms with Crippen LogP contribution in [0.4, 0.5) is 0 Å². The van der Waals surface area contributed by atoms with Crippen LogP contribution < -0.4 is 5.73 Å². The summed E-state index contributed by atoms with van der Waals surface area (Å²) in [4.78, 5) is 13.5. The van der Waals surface area contributed by atoms with Crippen molar-refractivity contribution >= 4 is 5.91 Å². The molecule has 0 radical (unpaired) electrons. The molecule has 1 atom stereocenters. The predicted molar refractivity (Wildman–Crippen MR) is 60.5 cm³/mol. The zero-order valence-electron chi connectivity index (χ0n) is 9.59. The summed E-state index contributed by atoms with van der Waals surface area (Å²) in [6.45, 7) is 1.71. The van der Waals surface area contributed by atoms with Crippen molar-refractivity contribution in [2.75, 3.05) is 6.54 Å². The van der Waals surface area contributed by atoms with E-state index in [9.17, 15) is 4.79 Å². The molecule has 2 heterocycles. The Hall–Kier alpha value is -1.36. The molecule has 1 saturated heterocycles. The van der Waals surface area contributed by atoms with Gasteiger partial charge in [-0.05, 0) is 19.4 Å². The van der Waals surface area contributed by atoms with Gasteiger partial charge in [0.1, 0.15) is 0 Å². The zero-order chi connectivity index (χ0) is 11.5. The molecular formula is C11H18N4O. The number of primary amides is 1. The highest BCUT2D eigenvalue weighted by atomic mass is 16.1. The molecule has 5 heteroatoms. The van der Waals surface area contributed by atoms with Gasteiger partial charge in [0, 0.05) is 25.4 Å². The maximum atomic E-state index is 11.3. The molecule has 5 nitrogen and oxygen atoms in total. The van der Waals surface area contributed by atoms with Crippen molar-refractivity contribution in [3.63, 3.8) is 0 Å². The Morgan fingerprint density at radius 3 is 3.06 bits per heavy atom. The first-order valence-electron chi connectivity index (χ1n) is 5.67. The fourth-order valence-electron chi connectivity index (χ4n) is 2.29. The van der Waals surface area contributed by atoms with Crippen LogP contribution >= 0.6 is 0 Å². The maximum absolute atomic E-state index is 11.3. The average Bonchev–Trinajstić information content (AvgIpc) is 2.64. The first kappa shape index (κ1) is 11.1. The van der Waals surface area contributed by atoms with E-state index >= 15 is 0 Å². The largest absolute Gasteiger partial charge is 0.368 e. The number of hydrogen-bond acceptors (Lipinski definition) is 3. The fraction of sp³-hybridized carbons (Fsp3) is 0.636. The third kappa shape index (κ3) is 2.41. The van der Waals surface area contributed by atoms with Crippen molar-refractivity contribution in [1.29, 1.82) is 0 Å². The number of carbonyl (C=O) groups is 1. The summed E-state index contributed by atoms with van der Waals surface area (Å²) in [5, 5.41) is 4.13. The number of aromatic nitrogens is 2. The Morgan fingerprint density at radius 2 is 2.44 bits per heavy atom. The third-order valence-electron chi connectivity index (χ3n) is 3.09. The van der Waals surface area contributed by atoms with E-state index in [1.165, 1.54) is 0 Å². The quantitative estimate of drug-likeness (QED) is 0.798. The van der Waals surface area contributed by atoms with E-state index in [0.29, 0.717) is 0 Å². The Labute approximate surface area is 95.2 Å². The van der Waals surface area contributed by atoms with Crippen molar-refractivity contribution < 1.29 is 4.79 Å². The molecule has 16 heavy (non-hydrogen) atoms. The SMILES string of the molecule is Cn1cc(CN2CCCCC2C(N)=O)cn1. The van der Waals surface area contributed by atoms with Crippen molar-refractivity contribution in [3.8, 4) is 0 Å². The first-order chi connectivity index (χ1) is 7.66. The topological polar surface area (TPSA) is 64.2 Å². The number of rotatable bonds is 3. The molecule has 88 valence electrons. The number of carbonyl (C=O) groups excluding carboxylic acids is 1. The molecule has 2 rings (SSSR count). The number of amides is 1. The third-order valence-corrected chi connectivity index (χ3v) is 3.09. The Morgan fingerprint density at radius 1 is 1.62 bits per heavy atom. The number of nitrogens with two attached hydrogens (primary N) is 1. The smallest absolute Gasteiger partial charge is 0.234 e. The molecule has 1 amide bonds. The van der Waals surface area contributed by atoms with E-state index in [0.717, 1.165) is 37.9 Å². The van der Waals surface area contributed by atoms with Gasteiger partial charge in [-0.1, -0.05) is 6.42 Å². The minimum atomic E-state index is -0.205.